The molecule has 0 spiro atoms. The molecule has 35 valence electrons. The van der Waals surface area contributed by atoms with E-state index in [9.17, 15) is 0 Å². The Labute approximate surface area is 41.0 Å². The van der Waals surface area contributed by atoms with E-state index in [1.165, 1.54) is 0 Å². The lowest BCUT2D eigenvalue weighted by Gasteiger charge is -1.91. The molecular weight excluding hydrogens is 72.1 g/mol. The fraction of sp³-hybridized carbons (Fsp3) is 0.833. The minimum absolute atomic E-state index is 0.208. The number of rotatable bonds is 0. The molecule has 0 nitrogen and oxygen atoms in total. The van der Waals surface area contributed by atoms with E-state index in [2.05, 4.69) is 13.3 Å². The third-order valence-corrected chi connectivity index (χ3v) is 1.24. The Bertz CT molecular complexity index is 53.2. The van der Waals surface area contributed by atoms with Crippen LogP contribution in [-0.2, 0) is 0 Å². The SMILES string of the molecule is [2H]C1C[CH]CC1C. The van der Waals surface area contributed by atoms with Gasteiger partial charge in [0.05, 0.1) is 0 Å². The Morgan fingerprint density at radius 2 is 2.83 bits per heavy atom. The predicted molar refractivity (Wildman–Crippen MR) is 27.3 cm³/mol. The van der Waals surface area contributed by atoms with E-state index < -0.39 is 0 Å². The zero-order valence-corrected chi connectivity index (χ0v) is 4.15. The van der Waals surface area contributed by atoms with E-state index in [0.29, 0.717) is 5.92 Å². The van der Waals surface area contributed by atoms with Crippen molar-refractivity contribution in [3.63, 3.8) is 0 Å². The molecule has 0 N–H and O–H groups in total. The van der Waals surface area contributed by atoms with Gasteiger partial charge in [0.1, 0.15) is 0 Å². The van der Waals surface area contributed by atoms with E-state index in [0.717, 1.165) is 12.8 Å². The first-order valence-electron chi connectivity index (χ1n) is 3.12. The maximum atomic E-state index is 7.31. The second-order valence-electron chi connectivity index (χ2n) is 1.97. The van der Waals surface area contributed by atoms with Gasteiger partial charge in [-0.2, -0.15) is 0 Å². The first-order chi connectivity index (χ1) is 3.30. The van der Waals surface area contributed by atoms with Gasteiger partial charge in [-0.15, -0.1) is 0 Å². The van der Waals surface area contributed by atoms with E-state index in [4.69, 9.17) is 1.37 Å². The molecule has 0 aromatic heterocycles. The quantitative estimate of drug-likeness (QED) is 0.421. The third kappa shape index (κ3) is 0.735. The van der Waals surface area contributed by atoms with Crippen LogP contribution in [0.5, 0.6) is 0 Å². The summed E-state index contributed by atoms with van der Waals surface area (Å²) in [5, 5.41) is 0. The van der Waals surface area contributed by atoms with Gasteiger partial charge in [0.15, 0.2) is 0 Å². The third-order valence-electron chi connectivity index (χ3n) is 1.24. The summed E-state index contributed by atoms with van der Waals surface area (Å²) in [4.78, 5) is 0. The fourth-order valence-electron chi connectivity index (χ4n) is 0.784. The summed E-state index contributed by atoms with van der Waals surface area (Å²) in [6.07, 6.45) is 4.59. The van der Waals surface area contributed by atoms with Crippen molar-refractivity contribution in [2.45, 2.75) is 26.2 Å². The van der Waals surface area contributed by atoms with Crippen LogP contribution in [0.25, 0.3) is 0 Å². The van der Waals surface area contributed by atoms with Crippen LogP contribution in [-0.4, -0.2) is 0 Å². The molecule has 2 atom stereocenters. The Balaban J connectivity index is 2.33. The lowest BCUT2D eigenvalue weighted by atomic mass is 10.2. The molecule has 2 unspecified atom stereocenters. The van der Waals surface area contributed by atoms with Crippen LogP contribution < -0.4 is 0 Å². The molecule has 0 aromatic rings. The van der Waals surface area contributed by atoms with E-state index in [-0.39, 0.29) is 6.40 Å². The van der Waals surface area contributed by atoms with Crippen LogP contribution in [0, 0.1) is 12.3 Å². The molecule has 1 rings (SSSR count). The standard InChI is InChI=1S/C6H11/c1-6-4-2-3-5-6/h2,6H,3-5H2,1H3/i5D. The van der Waals surface area contributed by atoms with Crippen LogP contribution in [0.4, 0.5) is 0 Å². The maximum absolute atomic E-state index is 7.31. The molecule has 6 heavy (non-hydrogen) atoms. The summed E-state index contributed by atoms with van der Waals surface area (Å²) in [6.45, 7) is 2.14. The summed E-state index contributed by atoms with van der Waals surface area (Å²) >= 11 is 0. The molecule has 1 fully saturated rings. The summed E-state index contributed by atoms with van der Waals surface area (Å²) in [5.74, 6) is 0.625. The second-order valence-corrected chi connectivity index (χ2v) is 1.97. The van der Waals surface area contributed by atoms with Crippen LogP contribution in [0.1, 0.15) is 27.5 Å². The highest BCUT2D eigenvalue weighted by molar-refractivity contribution is 4.77. The van der Waals surface area contributed by atoms with Crippen LogP contribution in [0.2, 0.25) is 0 Å². The van der Waals surface area contributed by atoms with Gasteiger partial charge >= 0.3 is 0 Å². The van der Waals surface area contributed by atoms with Crippen molar-refractivity contribution in [3.05, 3.63) is 6.42 Å². The predicted octanol–water partition coefficient (Wildman–Crippen LogP) is 2.01. The van der Waals surface area contributed by atoms with Gasteiger partial charge in [0.2, 0.25) is 0 Å². The Kier molecular flexibility index (Phi) is 0.833. The molecule has 0 bridgehead atoms. The second kappa shape index (κ2) is 1.63. The normalized spacial score (nSPS) is 49.2. The fourth-order valence-corrected chi connectivity index (χ4v) is 0.784. The summed E-state index contributed by atoms with van der Waals surface area (Å²) in [7, 11) is 0. The van der Waals surface area contributed by atoms with E-state index in [1.807, 2.05) is 0 Å². The molecule has 0 heterocycles. The average molecular weight is 84.2 g/mol. The lowest BCUT2D eigenvalue weighted by Crippen LogP contribution is -1.78. The lowest BCUT2D eigenvalue weighted by molar-refractivity contribution is 0.620. The largest absolute Gasteiger partial charge is 0.0625 e. The molecule has 0 heteroatoms. The number of hydrogen-bond donors (Lipinski definition) is 0. The highest BCUT2D eigenvalue weighted by Crippen LogP contribution is 2.21. The van der Waals surface area contributed by atoms with Crippen molar-refractivity contribution < 1.29 is 1.37 Å². The van der Waals surface area contributed by atoms with Crippen molar-refractivity contribution in [2.24, 2.45) is 5.92 Å². The van der Waals surface area contributed by atoms with Crippen LogP contribution in [0.3, 0.4) is 0 Å². The first kappa shape index (κ1) is 3.06. The molecular formula is C6H11. The summed E-state index contributed by atoms with van der Waals surface area (Å²) < 4.78 is 7.31. The van der Waals surface area contributed by atoms with Crippen molar-refractivity contribution in [1.82, 2.24) is 0 Å². The zero-order valence-electron chi connectivity index (χ0n) is 5.15. The zero-order chi connectivity index (χ0) is 5.28. The van der Waals surface area contributed by atoms with Crippen LogP contribution >= 0.6 is 0 Å². The van der Waals surface area contributed by atoms with Gasteiger partial charge in [-0.3, -0.25) is 0 Å². The minimum Gasteiger partial charge on any atom is -0.0625 e. The molecule has 1 aliphatic rings. The molecule has 1 saturated carbocycles. The van der Waals surface area contributed by atoms with Crippen LogP contribution in [0.15, 0.2) is 0 Å². The molecule has 1 radical (unpaired) electrons. The molecule has 0 saturated heterocycles. The molecule has 1 aliphatic carbocycles. The van der Waals surface area contributed by atoms with E-state index in [1.54, 1.807) is 0 Å². The van der Waals surface area contributed by atoms with Gasteiger partial charge in [-0.1, -0.05) is 13.3 Å². The average Bonchev–Trinajstić information content (AvgIpc) is 1.91. The maximum Gasteiger partial charge on any atom is 0.0269 e. The summed E-state index contributed by atoms with van der Waals surface area (Å²) in [5.41, 5.74) is 0. The smallest absolute Gasteiger partial charge is 0.0269 e. The minimum atomic E-state index is 0.208. The van der Waals surface area contributed by atoms with Crippen molar-refractivity contribution in [2.75, 3.05) is 0 Å². The van der Waals surface area contributed by atoms with Gasteiger partial charge in [0, 0.05) is 1.37 Å². The molecule has 0 aromatic carbocycles. The highest BCUT2D eigenvalue weighted by Gasteiger charge is 2.07. The van der Waals surface area contributed by atoms with Crippen molar-refractivity contribution in [3.8, 4) is 0 Å². The Morgan fingerprint density at radius 3 is 3.00 bits per heavy atom. The van der Waals surface area contributed by atoms with E-state index >= 15 is 0 Å². The first-order valence-corrected chi connectivity index (χ1v) is 2.54. The van der Waals surface area contributed by atoms with Gasteiger partial charge in [0.25, 0.3) is 0 Å². The number of hydrogen-bond acceptors (Lipinski definition) is 0. The highest BCUT2D eigenvalue weighted by atomic mass is 14.1. The van der Waals surface area contributed by atoms with Crippen molar-refractivity contribution >= 4 is 0 Å². The van der Waals surface area contributed by atoms with Gasteiger partial charge in [-0.05, 0) is 25.2 Å². The topological polar surface area (TPSA) is 0 Å². The van der Waals surface area contributed by atoms with Gasteiger partial charge in [-0.25, -0.2) is 0 Å². The molecule has 0 aliphatic heterocycles. The summed E-state index contributed by atoms with van der Waals surface area (Å²) in [6, 6.07) is 0. The van der Waals surface area contributed by atoms with Gasteiger partial charge < -0.3 is 0 Å². The van der Waals surface area contributed by atoms with Crippen molar-refractivity contribution in [1.29, 1.82) is 0 Å². The Hall–Kier alpha value is 0. The molecule has 0 amide bonds. The Morgan fingerprint density at radius 1 is 2.00 bits per heavy atom. The monoisotopic (exact) mass is 84.1 g/mol.